The fourth-order valence-electron chi connectivity index (χ4n) is 0.255. The quantitative estimate of drug-likeness (QED) is 0.499. The molecule has 0 saturated heterocycles. The normalized spacial score (nSPS) is 8.12. The van der Waals surface area contributed by atoms with Gasteiger partial charge in [0.2, 0.25) is 0 Å². The monoisotopic (exact) mass is 223 g/mol. The van der Waals surface area contributed by atoms with Gasteiger partial charge in [-0.15, -0.1) is 0 Å². The Labute approximate surface area is 58.0 Å². The second-order valence-corrected chi connectivity index (χ2v) is 3.47. The molecular weight excluding hydrogens is 215 g/mol. The predicted octanol–water partition coefficient (Wildman–Crippen LogP) is 0.0175. The van der Waals surface area contributed by atoms with Gasteiger partial charge in [-0.2, -0.15) is 0 Å². The van der Waals surface area contributed by atoms with E-state index in [2.05, 4.69) is 4.74 Å². The fraction of sp³-hybridized carbons (Fsp3) is 0.750. The number of esters is 1. The molecule has 0 aliphatic rings. The average Bonchev–Trinajstić information content (AvgIpc) is 1.83. The number of ether oxygens (including phenoxy) is 1. The van der Waals surface area contributed by atoms with Gasteiger partial charge in [0, 0.05) is 0 Å². The first-order valence-corrected chi connectivity index (χ1v) is 5.41. The van der Waals surface area contributed by atoms with Crippen molar-refractivity contribution in [3.63, 3.8) is 0 Å². The zero-order valence-corrected chi connectivity index (χ0v) is 7.49. The molecule has 0 amide bonds. The Morgan fingerprint density at radius 3 is 2.75 bits per heavy atom. The molecule has 0 atom stereocenters. The number of carbonyl (C=O) groups is 1. The molecule has 0 bridgehead atoms. The Bertz CT molecular complexity index is 91.3. The topological polar surface area (TPSA) is 43.4 Å². The number of carbonyl (C=O) groups excluding carboxylic acids is 1. The molecule has 0 rings (SSSR count). The van der Waals surface area contributed by atoms with Gasteiger partial charge < -0.3 is 0 Å². The molecule has 0 saturated carbocycles. The summed E-state index contributed by atoms with van der Waals surface area (Å²) in [5.74, 6) is -0.262. The molecule has 0 fully saturated rings. The molecule has 8 heavy (non-hydrogen) atoms. The van der Waals surface area contributed by atoms with Gasteiger partial charge in [-0.1, -0.05) is 0 Å². The van der Waals surface area contributed by atoms with Crippen LogP contribution in [-0.2, 0) is 12.6 Å². The van der Waals surface area contributed by atoms with E-state index >= 15 is 0 Å². The molecule has 0 aromatic carbocycles. The Kier molecular flexibility index (Phi) is 5.25. The summed E-state index contributed by atoms with van der Waals surface area (Å²) in [7, 11) is 1.33. The predicted molar refractivity (Wildman–Crippen MR) is 27.9 cm³/mol. The average molecular weight is 222 g/mol. The van der Waals surface area contributed by atoms with Gasteiger partial charge in [-0.05, 0) is 0 Å². The van der Waals surface area contributed by atoms with Crippen LogP contribution in [0.5, 0.6) is 0 Å². The minimum absolute atomic E-state index is 0.262. The first-order chi connectivity index (χ1) is 3.81. The van der Waals surface area contributed by atoms with Crippen LogP contribution in [0.1, 0.15) is 6.42 Å². The Morgan fingerprint density at radius 2 is 2.38 bits per heavy atom. The van der Waals surface area contributed by atoms with Crippen molar-refractivity contribution >= 4 is 27.1 Å². The van der Waals surface area contributed by atoms with Crippen LogP contribution in [-0.4, -0.2) is 34.2 Å². The molecule has 0 aliphatic carbocycles. The van der Waals surface area contributed by atoms with Gasteiger partial charge in [0.15, 0.2) is 0 Å². The second kappa shape index (κ2) is 5.21. The maximum absolute atomic E-state index is 10.2. The molecule has 1 radical (unpaired) electrons. The number of hydrogen-bond acceptors (Lipinski definition) is 3. The summed E-state index contributed by atoms with van der Waals surface area (Å²) in [6, 6.07) is 0. The standard InChI is InChI=1S/C4H7O2.O.Sn/c1-3-4(5)6-2;;/h1,3H2,2H3;;. The summed E-state index contributed by atoms with van der Waals surface area (Å²) in [6.07, 6.45) is 0.326. The summed E-state index contributed by atoms with van der Waals surface area (Å²) < 4.78 is 14.8. The van der Waals surface area contributed by atoms with E-state index in [4.69, 9.17) is 0 Å². The zero-order chi connectivity index (χ0) is 6.41. The summed E-state index contributed by atoms with van der Waals surface area (Å²) in [5.41, 5.74) is 0. The van der Waals surface area contributed by atoms with Crippen molar-refractivity contribution in [3.05, 3.63) is 0 Å². The molecule has 0 aromatic rings. The third-order valence-electron chi connectivity index (χ3n) is 0.659. The number of methoxy groups -OCH3 is 1. The van der Waals surface area contributed by atoms with Crippen molar-refractivity contribution in [1.29, 1.82) is 0 Å². The van der Waals surface area contributed by atoms with E-state index in [0.29, 0.717) is 10.9 Å². The fourth-order valence-corrected chi connectivity index (χ4v) is 1.13. The molecule has 45 valence electrons. The number of hydrogen-bond donors (Lipinski definition) is 0. The van der Waals surface area contributed by atoms with Gasteiger partial charge >= 0.3 is 57.7 Å². The van der Waals surface area contributed by atoms with E-state index in [1.165, 1.54) is 7.11 Å². The molecule has 4 heteroatoms. The third-order valence-corrected chi connectivity index (χ3v) is 1.95. The van der Waals surface area contributed by atoms with Crippen molar-refractivity contribution in [1.82, 2.24) is 0 Å². The Morgan fingerprint density at radius 1 is 1.75 bits per heavy atom. The third kappa shape index (κ3) is 4.23. The molecule has 0 heterocycles. The Balaban J connectivity index is 3.11. The van der Waals surface area contributed by atoms with Crippen LogP contribution in [0, 0.1) is 0 Å². The molecule has 0 spiro atoms. The molecule has 0 aromatic heterocycles. The van der Waals surface area contributed by atoms with Crippen LogP contribution in [0.15, 0.2) is 0 Å². The van der Waals surface area contributed by atoms with Crippen LogP contribution in [0.25, 0.3) is 0 Å². The molecular formula is C4H7O3Sn. The Hall–Kier alpha value is 0.0687. The van der Waals surface area contributed by atoms with Crippen LogP contribution >= 0.6 is 0 Å². The first kappa shape index (κ1) is 8.07. The number of rotatable bonds is 3. The van der Waals surface area contributed by atoms with Crippen molar-refractivity contribution in [2.75, 3.05) is 7.11 Å². The summed E-state index contributed by atoms with van der Waals surface area (Å²) in [5, 5.41) is 0. The van der Waals surface area contributed by atoms with E-state index in [-0.39, 0.29) is 5.97 Å². The van der Waals surface area contributed by atoms with Gasteiger partial charge in [0.05, 0.1) is 0 Å². The van der Waals surface area contributed by atoms with Crippen molar-refractivity contribution < 1.29 is 12.6 Å². The molecule has 3 nitrogen and oxygen atoms in total. The van der Waals surface area contributed by atoms with E-state index in [0.717, 1.165) is 0 Å². The molecule has 0 unspecified atom stereocenters. The van der Waals surface area contributed by atoms with E-state index in [1.54, 1.807) is 0 Å². The zero-order valence-electron chi connectivity index (χ0n) is 4.64. The van der Waals surface area contributed by atoms with E-state index < -0.39 is 21.1 Å². The molecule has 0 aliphatic heterocycles. The summed E-state index contributed by atoms with van der Waals surface area (Å²) in [4.78, 5) is 10.2. The van der Waals surface area contributed by atoms with Crippen LogP contribution in [0.2, 0.25) is 4.44 Å². The maximum atomic E-state index is 10.2. The van der Waals surface area contributed by atoms with Crippen LogP contribution < -0.4 is 0 Å². The van der Waals surface area contributed by atoms with Crippen molar-refractivity contribution in [3.8, 4) is 0 Å². The van der Waals surface area contributed by atoms with Crippen molar-refractivity contribution in [2.45, 2.75) is 10.9 Å². The first-order valence-electron chi connectivity index (χ1n) is 2.23. The van der Waals surface area contributed by atoms with Crippen LogP contribution in [0.4, 0.5) is 0 Å². The van der Waals surface area contributed by atoms with Gasteiger partial charge in [-0.25, -0.2) is 0 Å². The molecule has 0 N–H and O–H groups in total. The SMILES string of the molecule is COC(=O)C[CH2][Sn]=[O]. The van der Waals surface area contributed by atoms with Crippen LogP contribution in [0.3, 0.4) is 0 Å². The van der Waals surface area contributed by atoms with Gasteiger partial charge in [-0.3, -0.25) is 0 Å². The van der Waals surface area contributed by atoms with E-state index in [1.807, 2.05) is 0 Å². The van der Waals surface area contributed by atoms with Crippen molar-refractivity contribution in [2.24, 2.45) is 0 Å². The van der Waals surface area contributed by atoms with Gasteiger partial charge in [0.1, 0.15) is 0 Å². The summed E-state index contributed by atoms with van der Waals surface area (Å²) >= 11 is -1.41. The minimum atomic E-state index is -1.41. The van der Waals surface area contributed by atoms with E-state index in [9.17, 15) is 7.87 Å². The van der Waals surface area contributed by atoms with Gasteiger partial charge in [0.25, 0.3) is 0 Å². The summed E-state index contributed by atoms with van der Waals surface area (Å²) in [6.45, 7) is 0. The second-order valence-electron chi connectivity index (χ2n) is 1.22.